The van der Waals surface area contributed by atoms with Crippen molar-refractivity contribution in [1.29, 1.82) is 0 Å². The van der Waals surface area contributed by atoms with Crippen LogP contribution in [0.5, 0.6) is 0 Å². The summed E-state index contributed by atoms with van der Waals surface area (Å²) in [5.74, 6) is -0.692. The Morgan fingerprint density at radius 3 is 2.11 bits per heavy atom. The van der Waals surface area contributed by atoms with Crippen LogP contribution in [-0.4, -0.2) is 54.8 Å². The molecular weight excluding hydrogens is 256 g/mol. The molecule has 0 unspecified atom stereocenters. The number of hydrogen-bond acceptors (Lipinski definition) is 4. The quantitative estimate of drug-likeness (QED) is 0.756. The number of sulfone groups is 1. The van der Waals surface area contributed by atoms with Crippen molar-refractivity contribution in [2.75, 3.05) is 18.6 Å². The van der Waals surface area contributed by atoms with Crippen molar-refractivity contribution < 1.29 is 18.0 Å². The van der Waals surface area contributed by atoms with Gasteiger partial charge >= 0.3 is 0 Å². The average Bonchev–Trinajstić information content (AvgIpc) is 2.12. The normalized spacial score (nSPS) is 22.8. The molecule has 0 spiro atoms. The van der Waals surface area contributed by atoms with Crippen LogP contribution in [0.1, 0.15) is 27.7 Å². The Hall–Kier alpha value is -1.11. The minimum absolute atomic E-state index is 0.0293. The van der Waals surface area contributed by atoms with Crippen LogP contribution in [0.2, 0.25) is 0 Å². The first kappa shape index (κ1) is 14.9. The molecule has 0 bridgehead atoms. The highest BCUT2D eigenvalue weighted by Crippen LogP contribution is 2.25. The van der Waals surface area contributed by atoms with Gasteiger partial charge in [-0.25, -0.2) is 8.42 Å². The summed E-state index contributed by atoms with van der Waals surface area (Å²) in [6, 6.07) is 0. The Labute approximate surface area is 108 Å². The van der Waals surface area contributed by atoms with Gasteiger partial charge < -0.3 is 10.2 Å². The molecule has 0 aliphatic carbocycles. The molecule has 1 aliphatic rings. The van der Waals surface area contributed by atoms with Gasteiger partial charge in [0.05, 0.1) is 5.75 Å². The van der Waals surface area contributed by atoms with Crippen LogP contribution < -0.4 is 5.32 Å². The van der Waals surface area contributed by atoms with Crippen molar-refractivity contribution >= 4 is 21.7 Å². The number of nitrogens with zero attached hydrogens (tertiary/aromatic N) is 1. The number of carbonyl (C=O) groups is 2. The lowest BCUT2D eigenvalue weighted by molar-refractivity contribution is -0.159. The molecule has 1 fully saturated rings. The molecule has 0 atom stereocenters. The minimum Gasteiger partial charge on any atom is -0.340 e. The summed E-state index contributed by atoms with van der Waals surface area (Å²) in [6.07, 6.45) is 1.11. The minimum atomic E-state index is -3.18. The molecule has 1 rings (SSSR count). The van der Waals surface area contributed by atoms with Crippen LogP contribution >= 0.6 is 0 Å². The Kier molecular flexibility index (Phi) is 3.51. The molecule has 0 aromatic rings. The van der Waals surface area contributed by atoms with Crippen molar-refractivity contribution in [3.8, 4) is 0 Å². The van der Waals surface area contributed by atoms with E-state index in [2.05, 4.69) is 5.32 Å². The number of hydrogen-bond donors (Lipinski definition) is 1. The van der Waals surface area contributed by atoms with Crippen LogP contribution in [-0.2, 0) is 19.4 Å². The maximum absolute atomic E-state index is 12.2. The molecule has 18 heavy (non-hydrogen) atoms. The van der Waals surface area contributed by atoms with E-state index >= 15 is 0 Å². The summed E-state index contributed by atoms with van der Waals surface area (Å²) in [5, 5.41) is 2.64. The van der Waals surface area contributed by atoms with Gasteiger partial charge in [-0.1, -0.05) is 0 Å². The van der Waals surface area contributed by atoms with E-state index in [1.54, 1.807) is 27.7 Å². The van der Waals surface area contributed by atoms with Gasteiger partial charge in [-0.05, 0) is 27.7 Å². The summed E-state index contributed by atoms with van der Waals surface area (Å²) in [4.78, 5) is 25.5. The molecule has 7 heteroatoms. The van der Waals surface area contributed by atoms with Gasteiger partial charge in [-0.15, -0.1) is 0 Å². The standard InChI is InChI=1S/C11H20N2O4S/c1-10(2)9(15)13(6-7-18(5,16)17)11(3,4)8(14)12-10/h6-7H2,1-5H3,(H,12,14). The SMILES string of the molecule is CC1(C)NC(=O)C(C)(C)N(CCS(C)(=O)=O)C1=O. The third-order valence-electron chi connectivity index (χ3n) is 3.12. The first-order valence-corrected chi connectivity index (χ1v) is 7.76. The van der Waals surface area contributed by atoms with Crippen molar-refractivity contribution in [2.24, 2.45) is 0 Å². The number of piperazine rings is 1. The predicted octanol–water partition coefficient (Wildman–Crippen LogP) is -0.453. The van der Waals surface area contributed by atoms with Crippen LogP contribution in [0.25, 0.3) is 0 Å². The molecule has 0 aromatic heterocycles. The van der Waals surface area contributed by atoms with Crippen molar-refractivity contribution in [1.82, 2.24) is 10.2 Å². The molecule has 0 aromatic carbocycles. The Bertz CT molecular complexity index is 479. The van der Waals surface area contributed by atoms with E-state index in [0.29, 0.717) is 0 Å². The van der Waals surface area contributed by atoms with Crippen molar-refractivity contribution in [2.45, 2.75) is 38.8 Å². The molecule has 1 aliphatic heterocycles. The lowest BCUT2D eigenvalue weighted by Crippen LogP contribution is -2.72. The Morgan fingerprint density at radius 1 is 1.17 bits per heavy atom. The van der Waals surface area contributed by atoms with Crippen LogP contribution in [0.3, 0.4) is 0 Å². The van der Waals surface area contributed by atoms with E-state index in [0.717, 1.165) is 6.26 Å². The van der Waals surface area contributed by atoms with Gasteiger partial charge in [0.15, 0.2) is 0 Å². The van der Waals surface area contributed by atoms with Crippen molar-refractivity contribution in [3.63, 3.8) is 0 Å². The molecule has 2 amide bonds. The predicted molar refractivity (Wildman–Crippen MR) is 67.7 cm³/mol. The first-order valence-electron chi connectivity index (χ1n) is 5.70. The summed E-state index contributed by atoms with van der Waals surface area (Å²) >= 11 is 0. The smallest absolute Gasteiger partial charge is 0.248 e. The van der Waals surface area contributed by atoms with E-state index < -0.39 is 20.9 Å². The molecule has 1 saturated heterocycles. The van der Waals surface area contributed by atoms with E-state index in [-0.39, 0.29) is 24.1 Å². The number of carbonyl (C=O) groups excluding carboxylic acids is 2. The lowest BCUT2D eigenvalue weighted by Gasteiger charge is -2.47. The summed E-state index contributed by atoms with van der Waals surface area (Å²) < 4.78 is 22.4. The fourth-order valence-corrected chi connectivity index (χ4v) is 2.36. The summed E-state index contributed by atoms with van der Waals surface area (Å²) in [7, 11) is -3.18. The van der Waals surface area contributed by atoms with E-state index in [4.69, 9.17) is 0 Å². The summed E-state index contributed by atoms with van der Waals surface area (Å²) in [5.41, 5.74) is -2.03. The van der Waals surface area contributed by atoms with Gasteiger partial charge in [0.2, 0.25) is 11.8 Å². The Balaban J connectivity index is 3.03. The van der Waals surface area contributed by atoms with Crippen LogP contribution in [0, 0.1) is 0 Å². The van der Waals surface area contributed by atoms with Crippen molar-refractivity contribution in [3.05, 3.63) is 0 Å². The maximum atomic E-state index is 12.2. The number of nitrogens with one attached hydrogen (secondary N) is 1. The first-order chi connectivity index (χ1) is 7.88. The average molecular weight is 276 g/mol. The zero-order valence-corrected chi connectivity index (χ0v) is 12.2. The molecule has 1 heterocycles. The zero-order valence-electron chi connectivity index (χ0n) is 11.4. The number of rotatable bonds is 3. The largest absolute Gasteiger partial charge is 0.340 e. The number of amides is 2. The highest BCUT2D eigenvalue weighted by molar-refractivity contribution is 7.90. The van der Waals surface area contributed by atoms with Gasteiger partial charge in [-0.3, -0.25) is 9.59 Å². The Morgan fingerprint density at radius 2 is 1.67 bits per heavy atom. The second-order valence-electron chi connectivity index (χ2n) is 5.72. The van der Waals surface area contributed by atoms with Gasteiger partial charge in [-0.2, -0.15) is 0 Å². The highest BCUT2D eigenvalue weighted by Gasteiger charge is 2.49. The van der Waals surface area contributed by atoms with E-state index in [9.17, 15) is 18.0 Å². The lowest BCUT2D eigenvalue weighted by atomic mass is 9.90. The van der Waals surface area contributed by atoms with Gasteiger partial charge in [0, 0.05) is 12.8 Å². The fourth-order valence-electron chi connectivity index (χ4n) is 1.84. The molecule has 104 valence electrons. The second-order valence-corrected chi connectivity index (χ2v) is 7.98. The van der Waals surface area contributed by atoms with Crippen LogP contribution in [0.4, 0.5) is 0 Å². The van der Waals surface area contributed by atoms with Crippen LogP contribution in [0.15, 0.2) is 0 Å². The molecular formula is C11H20N2O4S. The zero-order chi connectivity index (χ0) is 14.4. The molecule has 0 saturated carbocycles. The topological polar surface area (TPSA) is 83.6 Å². The molecule has 6 nitrogen and oxygen atoms in total. The second kappa shape index (κ2) is 4.22. The maximum Gasteiger partial charge on any atom is 0.248 e. The third-order valence-corrected chi connectivity index (χ3v) is 4.05. The van der Waals surface area contributed by atoms with Gasteiger partial charge in [0.25, 0.3) is 0 Å². The van der Waals surface area contributed by atoms with E-state index in [1.807, 2.05) is 0 Å². The van der Waals surface area contributed by atoms with E-state index in [1.165, 1.54) is 4.90 Å². The molecule has 1 N–H and O–H groups in total. The summed E-state index contributed by atoms with van der Waals surface area (Å²) in [6.45, 7) is 6.46. The fraction of sp³-hybridized carbons (Fsp3) is 0.818. The highest BCUT2D eigenvalue weighted by atomic mass is 32.2. The monoisotopic (exact) mass is 276 g/mol. The third kappa shape index (κ3) is 2.82. The molecule has 0 radical (unpaired) electrons. The van der Waals surface area contributed by atoms with Gasteiger partial charge in [0.1, 0.15) is 20.9 Å².